The van der Waals surface area contributed by atoms with Gasteiger partial charge in [0.05, 0.1) is 6.54 Å². The average molecular weight is 349 g/mol. The van der Waals surface area contributed by atoms with E-state index in [0.717, 1.165) is 77.9 Å². The fraction of sp³-hybridized carbons (Fsp3) is 0.778. The zero-order valence-electron chi connectivity index (χ0n) is 15.1. The minimum Gasteiger partial charge on any atom is -0.369 e. The van der Waals surface area contributed by atoms with Gasteiger partial charge in [-0.15, -0.1) is 0 Å². The molecule has 0 aromatic carbocycles. The summed E-state index contributed by atoms with van der Waals surface area (Å²) in [4.78, 5) is 29.9. The lowest BCUT2D eigenvalue weighted by molar-refractivity contribution is -0.119. The topological polar surface area (TPSA) is 81.9 Å². The first kappa shape index (κ1) is 18.2. The number of nitrogens with two attached hydrogens (primary N) is 1. The SMILES string of the molecule is NC(=O)CN1CCC=C(CN2CCCC(NC(=O)N3CCCC3)C2)C1. The predicted octanol–water partition coefficient (Wildman–Crippen LogP) is 0.374. The molecule has 1 atom stereocenters. The molecule has 7 nitrogen and oxygen atoms in total. The number of rotatable bonds is 5. The fourth-order valence-electron chi connectivity index (χ4n) is 4.14. The van der Waals surface area contributed by atoms with Crippen molar-refractivity contribution in [2.45, 2.75) is 38.1 Å². The van der Waals surface area contributed by atoms with Crippen molar-refractivity contribution in [3.63, 3.8) is 0 Å². The van der Waals surface area contributed by atoms with E-state index in [1.807, 2.05) is 4.90 Å². The maximum atomic E-state index is 12.3. The molecule has 0 aromatic rings. The van der Waals surface area contributed by atoms with Gasteiger partial charge in [-0.1, -0.05) is 6.08 Å². The van der Waals surface area contributed by atoms with Crippen LogP contribution in [-0.4, -0.2) is 85.0 Å². The standard InChI is InChI=1S/C18H31N5O2/c19-17(24)14-22-7-3-5-15(12-22)11-21-8-4-6-16(13-21)20-18(25)23-9-1-2-10-23/h5,16H,1-4,6-14H2,(H2,19,24)(H,20,25). The van der Waals surface area contributed by atoms with Gasteiger partial charge in [0.25, 0.3) is 0 Å². The molecule has 1 unspecified atom stereocenters. The van der Waals surface area contributed by atoms with Crippen molar-refractivity contribution in [1.29, 1.82) is 0 Å². The number of carbonyl (C=O) groups excluding carboxylic acids is 2. The van der Waals surface area contributed by atoms with Gasteiger partial charge in [0.15, 0.2) is 0 Å². The third-order valence-corrected chi connectivity index (χ3v) is 5.34. The van der Waals surface area contributed by atoms with Crippen LogP contribution in [0.5, 0.6) is 0 Å². The van der Waals surface area contributed by atoms with E-state index >= 15 is 0 Å². The lowest BCUT2D eigenvalue weighted by Crippen LogP contribution is -2.51. The van der Waals surface area contributed by atoms with Gasteiger partial charge in [-0.25, -0.2) is 4.79 Å². The lowest BCUT2D eigenvalue weighted by atomic mass is 10.0. The number of carbonyl (C=O) groups is 2. The molecular weight excluding hydrogens is 318 g/mol. The quantitative estimate of drug-likeness (QED) is 0.703. The normalized spacial score (nSPS) is 25.7. The number of likely N-dealkylation sites (tertiary alicyclic amines) is 2. The number of hydrogen-bond donors (Lipinski definition) is 2. The van der Waals surface area contributed by atoms with Crippen molar-refractivity contribution in [3.05, 3.63) is 11.6 Å². The second kappa shape index (κ2) is 8.67. The predicted molar refractivity (Wildman–Crippen MR) is 97.1 cm³/mol. The molecule has 3 N–H and O–H groups in total. The van der Waals surface area contributed by atoms with Crippen LogP contribution in [0.2, 0.25) is 0 Å². The second-order valence-electron chi connectivity index (χ2n) is 7.55. The molecule has 0 aliphatic carbocycles. The van der Waals surface area contributed by atoms with Crippen LogP contribution >= 0.6 is 0 Å². The molecule has 0 spiro atoms. The minimum atomic E-state index is -0.260. The Morgan fingerprint density at radius 2 is 1.92 bits per heavy atom. The molecule has 7 heteroatoms. The molecule has 0 saturated carbocycles. The number of hydrogen-bond acceptors (Lipinski definition) is 4. The summed E-state index contributed by atoms with van der Waals surface area (Å²) in [6, 6.07) is 0.349. The first-order chi connectivity index (χ1) is 12.1. The summed E-state index contributed by atoms with van der Waals surface area (Å²) in [7, 11) is 0. The van der Waals surface area contributed by atoms with Crippen molar-refractivity contribution in [1.82, 2.24) is 20.0 Å². The van der Waals surface area contributed by atoms with Gasteiger partial charge >= 0.3 is 6.03 Å². The summed E-state index contributed by atoms with van der Waals surface area (Å²) in [5.41, 5.74) is 6.67. The van der Waals surface area contributed by atoms with Crippen molar-refractivity contribution >= 4 is 11.9 Å². The van der Waals surface area contributed by atoms with E-state index in [2.05, 4.69) is 21.2 Å². The summed E-state index contributed by atoms with van der Waals surface area (Å²) < 4.78 is 0. The molecule has 2 fully saturated rings. The Labute approximate surface area is 150 Å². The summed E-state index contributed by atoms with van der Waals surface area (Å²) in [5.74, 6) is -0.260. The molecule has 0 bridgehead atoms. The Bertz CT molecular complexity index is 516. The minimum absolute atomic E-state index is 0.105. The molecule has 0 radical (unpaired) electrons. The average Bonchev–Trinajstić information content (AvgIpc) is 3.09. The largest absolute Gasteiger partial charge is 0.369 e. The molecular formula is C18H31N5O2. The smallest absolute Gasteiger partial charge is 0.317 e. The Kier molecular flexibility index (Phi) is 6.31. The molecule has 140 valence electrons. The van der Waals surface area contributed by atoms with Gasteiger partial charge in [0.1, 0.15) is 0 Å². The van der Waals surface area contributed by atoms with Crippen LogP contribution in [0.15, 0.2) is 11.6 Å². The van der Waals surface area contributed by atoms with E-state index in [-0.39, 0.29) is 18.0 Å². The summed E-state index contributed by atoms with van der Waals surface area (Å²) in [5, 5.41) is 3.22. The fourth-order valence-corrected chi connectivity index (χ4v) is 4.14. The molecule has 2 saturated heterocycles. The highest BCUT2D eigenvalue weighted by molar-refractivity contribution is 5.76. The number of nitrogens with zero attached hydrogens (tertiary/aromatic N) is 3. The first-order valence-electron chi connectivity index (χ1n) is 9.56. The molecule has 3 heterocycles. The van der Waals surface area contributed by atoms with Gasteiger partial charge in [-0.2, -0.15) is 0 Å². The maximum Gasteiger partial charge on any atom is 0.317 e. The zero-order valence-corrected chi connectivity index (χ0v) is 15.1. The summed E-state index contributed by atoms with van der Waals surface area (Å²) >= 11 is 0. The van der Waals surface area contributed by atoms with Crippen LogP contribution < -0.4 is 11.1 Å². The highest BCUT2D eigenvalue weighted by Crippen LogP contribution is 2.16. The van der Waals surface area contributed by atoms with Crippen LogP contribution in [0.3, 0.4) is 0 Å². The van der Waals surface area contributed by atoms with Crippen LogP contribution in [0.4, 0.5) is 4.79 Å². The highest BCUT2D eigenvalue weighted by atomic mass is 16.2. The molecule has 3 amide bonds. The number of urea groups is 1. The number of piperidine rings is 1. The Morgan fingerprint density at radius 1 is 1.12 bits per heavy atom. The van der Waals surface area contributed by atoms with E-state index in [1.54, 1.807) is 0 Å². The van der Waals surface area contributed by atoms with Crippen LogP contribution in [0, 0.1) is 0 Å². The van der Waals surface area contributed by atoms with Crippen LogP contribution in [0.25, 0.3) is 0 Å². The maximum absolute atomic E-state index is 12.3. The van der Waals surface area contributed by atoms with Gasteiger partial charge in [-0.3, -0.25) is 14.6 Å². The number of nitrogens with one attached hydrogen (secondary N) is 1. The molecule has 3 aliphatic heterocycles. The number of amides is 3. The monoisotopic (exact) mass is 349 g/mol. The first-order valence-corrected chi connectivity index (χ1v) is 9.56. The van der Waals surface area contributed by atoms with Crippen molar-refractivity contribution in [3.8, 4) is 0 Å². The van der Waals surface area contributed by atoms with E-state index in [4.69, 9.17) is 5.73 Å². The number of primary amides is 1. The molecule has 3 aliphatic rings. The Hall–Kier alpha value is -1.60. The van der Waals surface area contributed by atoms with Gasteiger partial charge in [-0.05, 0) is 44.2 Å². The van der Waals surface area contributed by atoms with Crippen molar-refractivity contribution < 1.29 is 9.59 Å². The highest BCUT2D eigenvalue weighted by Gasteiger charge is 2.26. The van der Waals surface area contributed by atoms with Crippen molar-refractivity contribution in [2.24, 2.45) is 5.73 Å². The molecule has 0 aromatic heterocycles. The lowest BCUT2D eigenvalue weighted by Gasteiger charge is -2.36. The van der Waals surface area contributed by atoms with Crippen LogP contribution in [0.1, 0.15) is 32.1 Å². The molecule has 25 heavy (non-hydrogen) atoms. The zero-order chi connectivity index (χ0) is 17.6. The van der Waals surface area contributed by atoms with E-state index < -0.39 is 0 Å². The van der Waals surface area contributed by atoms with E-state index in [1.165, 1.54) is 5.57 Å². The van der Waals surface area contributed by atoms with Gasteiger partial charge in [0, 0.05) is 45.3 Å². The summed E-state index contributed by atoms with van der Waals surface area (Å²) in [6.45, 7) is 6.76. The van der Waals surface area contributed by atoms with E-state index in [9.17, 15) is 9.59 Å². The Balaban J connectivity index is 1.45. The van der Waals surface area contributed by atoms with Gasteiger partial charge in [0.2, 0.25) is 5.91 Å². The van der Waals surface area contributed by atoms with Gasteiger partial charge < -0.3 is 16.0 Å². The van der Waals surface area contributed by atoms with Crippen LogP contribution in [-0.2, 0) is 4.79 Å². The molecule has 3 rings (SSSR count). The van der Waals surface area contributed by atoms with Crippen molar-refractivity contribution in [2.75, 3.05) is 52.4 Å². The second-order valence-corrected chi connectivity index (χ2v) is 7.55. The van der Waals surface area contributed by atoms with E-state index in [0.29, 0.717) is 6.54 Å². The summed E-state index contributed by atoms with van der Waals surface area (Å²) in [6.07, 6.45) is 7.70. The third kappa shape index (κ3) is 5.44. The Morgan fingerprint density at radius 3 is 2.68 bits per heavy atom. The third-order valence-electron chi connectivity index (χ3n) is 5.34.